The van der Waals surface area contributed by atoms with Gasteiger partial charge in [0.25, 0.3) is 0 Å². The number of aliphatic carboxylic acids is 1. The van der Waals surface area contributed by atoms with E-state index in [1.165, 1.54) is 0 Å². The molecule has 8 nitrogen and oxygen atoms in total. The standard InChI is InChI=1S/C11H15N3O5S/c1-6(3-9(16)17)2-8(15)14-10(18)12-4-7-5-20-11(19)13-7/h5-6H,2-4H2,1H3,(H,13,19)(H,16,17)(H2,12,14,15,18). The maximum absolute atomic E-state index is 11.4. The van der Waals surface area contributed by atoms with Gasteiger partial charge in [-0.15, -0.1) is 0 Å². The molecule has 0 aliphatic rings. The van der Waals surface area contributed by atoms with E-state index in [1.807, 2.05) is 0 Å². The van der Waals surface area contributed by atoms with Gasteiger partial charge in [-0.05, 0) is 5.92 Å². The molecule has 1 atom stereocenters. The summed E-state index contributed by atoms with van der Waals surface area (Å²) < 4.78 is 0. The summed E-state index contributed by atoms with van der Waals surface area (Å²) >= 11 is 0.979. The number of rotatable bonds is 6. The number of hydrogen-bond donors (Lipinski definition) is 4. The fourth-order valence-corrected chi connectivity index (χ4v) is 2.07. The molecule has 110 valence electrons. The van der Waals surface area contributed by atoms with Crippen LogP contribution in [0.25, 0.3) is 0 Å². The van der Waals surface area contributed by atoms with Gasteiger partial charge in [-0.25, -0.2) is 4.79 Å². The zero-order valence-electron chi connectivity index (χ0n) is 10.8. The zero-order valence-corrected chi connectivity index (χ0v) is 11.6. The SMILES string of the molecule is CC(CC(=O)O)CC(=O)NC(=O)NCc1csc(=O)[nH]1. The fourth-order valence-electron chi connectivity index (χ4n) is 1.48. The van der Waals surface area contributed by atoms with Crippen molar-refractivity contribution in [2.45, 2.75) is 26.3 Å². The van der Waals surface area contributed by atoms with E-state index in [0.29, 0.717) is 5.69 Å². The molecule has 0 saturated carbocycles. The number of carbonyl (C=O) groups excluding carboxylic acids is 2. The van der Waals surface area contributed by atoms with Crippen LogP contribution in [0.5, 0.6) is 0 Å². The molecule has 0 fully saturated rings. The number of nitrogens with one attached hydrogen (secondary N) is 3. The number of aromatic amines is 1. The number of carboxylic acids is 1. The molecular formula is C11H15N3O5S. The molecule has 0 radical (unpaired) electrons. The second kappa shape index (κ2) is 7.43. The average Bonchev–Trinajstić information content (AvgIpc) is 2.71. The van der Waals surface area contributed by atoms with E-state index in [9.17, 15) is 19.2 Å². The highest BCUT2D eigenvalue weighted by atomic mass is 32.1. The second-order valence-corrected chi connectivity index (χ2v) is 5.15. The predicted molar refractivity (Wildman–Crippen MR) is 71.4 cm³/mol. The molecule has 1 aromatic heterocycles. The molecule has 0 saturated heterocycles. The van der Waals surface area contributed by atoms with Crippen LogP contribution in [-0.2, 0) is 16.1 Å². The Kier molecular flexibility index (Phi) is 5.91. The predicted octanol–water partition coefficient (Wildman–Crippen LogP) is 0.263. The monoisotopic (exact) mass is 301 g/mol. The summed E-state index contributed by atoms with van der Waals surface area (Å²) in [6, 6.07) is -0.690. The fraction of sp³-hybridized carbons (Fsp3) is 0.455. The van der Waals surface area contributed by atoms with Gasteiger partial charge in [-0.2, -0.15) is 0 Å². The molecule has 0 bridgehead atoms. The molecule has 1 aromatic rings. The van der Waals surface area contributed by atoms with Crippen LogP contribution in [-0.4, -0.2) is 28.0 Å². The van der Waals surface area contributed by atoms with Gasteiger partial charge in [0.1, 0.15) is 0 Å². The van der Waals surface area contributed by atoms with Crippen molar-refractivity contribution in [3.63, 3.8) is 0 Å². The van der Waals surface area contributed by atoms with Crippen molar-refractivity contribution in [2.24, 2.45) is 5.92 Å². The largest absolute Gasteiger partial charge is 0.481 e. The third kappa shape index (κ3) is 6.14. The molecule has 3 amide bonds. The van der Waals surface area contributed by atoms with E-state index in [-0.39, 0.29) is 30.2 Å². The van der Waals surface area contributed by atoms with E-state index in [2.05, 4.69) is 15.6 Å². The number of aromatic nitrogens is 1. The van der Waals surface area contributed by atoms with Crippen LogP contribution in [0.1, 0.15) is 25.5 Å². The van der Waals surface area contributed by atoms with Crippen LogP contribution in [0.2, 0.25) is 0 Å². The Morgan fingerprint density at radius 2 is 2.10 bits per heavy atom. The van der Waals surface area contributed by atoms with Crippen molar-refractivity contribution in [1.82, 2.24) is 15.6 Å². The Hall–Kier alpha value is -2.16. The zero-order chi connectivity index (χ0) is 15.1. The number of carbonyl (C=O) groups is 3. The maximum Gasteiger partial charge on any atom is 0.321 e. The number of thiazole rings is 1. The van der Waals surface area contributed by atoms with E-state index < -0.39 is 17.9 Å². The number of amides is 3. The van der Waals surface area contributed by atoms with Crippen molar-refractivity contribution in [2.75, 3.05) is 0 Å². The van der Waals surface area contributed by atoms with Crippen molar-refractivity contribution in [3.05, 3.63) is 20.7 Å². The minimum absolute atomic E-state index is 0.0466. The summed E-state index contributed by atoms with van der Waals surface area (Å²) in [6.07, 6.45) is -0.180. The number of urea groups is 1. The summed E-state index contributed by atoms with van der Waals surface area (Å²) in [4.78, 5) is 46.4. The minimum atomic E-state index is -0.990. The quantitative estimate of drug-likeness (QED) is 0.599. The van der Waals surface area contributed by atoms with E-state index in [1.54, 1.807) is 12.3 Å². The van der Waals surface area contributed by atoms with Gasteiger partial charge >= 0.3 is 16.9 Å². The Morgan fingerprint density at radius 3 is 2.65 bits per heavy atom. The van der Waals surface area contributed by atoms with E-state index in [4.69, 9.17) is 5.11 Å². The maximum atomic E-state index is 11.4. The van der Waals surface area contributed by atoms with Crippen molar-refractivity contribution in [1.29, 1.82) is 0 Å². The second-order valence-electron chi connectivity index (χ2n) is 4.31. The van der Waals surface area contributed by atoms with E-state index in [0.717, 1.165) is 11.3 Å². The van der Waals surface area contributed by atoms with Crippen molar-refractivity contribution >= 4 is 29.2 Å². The minimum Gasteiger partial charge on any atom is -0.481 e. The van der Waals surface area contributed by atoms with E-state index >= 15 is 0 Å². The molecular weight excluding hydrogens is 286 g/mol. The van der Waals surface area contributed by atoms with Gasteiger partial charge in [-0.3, -0.25) is 19.7 Å². The molecule has 0 aliphatic carbocycles. The highest BCUT2D eigenvalue weighted by molar-refractivity contribution is 7.07. The Labute approximate surface area is 118 Å². The molecule has 1 rings (SSSR count). The molecule has 20 heavy (non-hydrogen) atoms. The molecule has 4 N–H and O–H groups in total. The highest BCUT2D eigenvalue weighted by Crippen LogP contribution is 2.06. The normalized spacial score (nSPS) is 11.7. The van der Waals surface area contributed by atoms with Gasteiger partial charge in [0.05, 0.1) is 6.54 Å². The Bertz CT molecular complexity index is 550. The highest BCUT2D eigenvalue weighted by Gasteiger charge is 2.14. The van der Waals surface area contributed by atoms with Gasteiger partial charge in [0.15, 0.2) is 0 Å². The lowest BCUT2D eigenvalue weighted by Crippen LogP contribution is -2.39. The Morgan fingerprint density at radius 1 is 1.40 bits per heavy atom. The third-order valence-corrected chi connectivity index (χ3v) is 3.04. The lowest BCUT2D eigenvalue weighted by Gasteiger charge is -2.09. The third-order valence-electron chi connectivity index (χ3n) is 2.32. The number of H-pyrrole nitrogens is 1. The van der Waals surface area contributed by atoms with Crippen molar-refractivity contribution in [3.8, 4) is 0 Å². The number of hydrogen-bond acceptors (Lipinski definition) is 5. The van der Waals surface area contributed by atoms with Crippen LogP contribution in [0.4, 0.5) is 4.79 Å². The van der Waals surface area contributed by atoms with Crippen LogP contribution >= 0.6 is 11.3 Å². The molecule has 1 heterocycles. The smallest absolute Gasteiger partial charge is 0.321 e. The van der Waals surface area contributed by atoms with Gasteiger partial charge in [-0.1, -0.05) is 18.3 Å². The number of imide groups is 1. The van der Waals surface area contributed by atoms with Crippen LogP contribution in [0.15, 0.2) is 10.2 Å². The average molecular weight is 301 g/mol. The topological polar surface area (TPSA) is 128 Å². The summed E-state index contributed by atoms with van der Waals surface area (Å²) in [5.74, 6) is -1.89. The molecule has 9 heteroatoms. The first-order chi connectivity index (χ1) is 9.36. The van der Waals surface area contributed by atoms with Crippen LogP contribution < -0.4 is 15.5 Å². The molecule has 1 unspecified atom stereocenters. The first-order valence-corrected chi connectivity index (χ1v) is 6.71. The summed E-state index contributed by atoms with van der Waals surface area (Å²) in [5, 5.41) is 14.6. The summed E-state index contributed by atoms with van der Waals surface area (Å²) in [6.45, 7) is 1.71. The van der Waals surface area contributed by atoms with Gasteiger partial charge in [0.2, 0.25) is 5.91 Å². The number of carboxylic acid groups (broad SMARTS) is 1. The summed E-state index contributed by atoms with van der Waals surface area (Å²) in [5.41, 5.74) is 0.543. The van der Waals surface area contributed by atoms with Gasteiger partial charge in [0, 0.05) is 23.9 Å². The Balaban J connectivity index is 2.29. The lowest BCUT2D eigenvalue weighted by atomic mass is 10.0. The molecule has 0 aromatic carbocycles. The van der Waals surface area contributed by atoms with Crippen LogP contribution in [0, 0.1) is 5.92 Å². The molecule has 0 aliphatic heterocycles. The first kappa shape index (κ1) is 15.9. The first-order valence-electron chi connectivity index (χ1n) is 5.83. The van der Waals surface area contributed by atoms with Crippen molar-refractivity contribution < 1.29 is 19.5 Å². The van der Waals surface area contributed by atoms with Crippen LogP contribution in [0.3, 0.4) is 0 Å². The molecule has 0 spiro atoms. The lowest BCUT2D eigenvalue weighted by molar-refractivity contribution is -0.138. The summed E-state index contributed by atoms with van der Waals surface area (Å²) in [7, 11) is 0. The van der Waals surface area contributed by atoms with Gasteiger partial charge < -0.3 is 15.4 Å².